The molecule has 456 valence electrons. The molecule has 0 saturated carbocycles. The highest BCUT2D eigenvalue weighted by Crippen LogP contribution is 2.35. The normalized spacial score (nSPS) is 53.5. The van der Waals surface area contributed by atoms with Crippen LogP contribution in [0, 0.1) is 0 Å². The predicted molar refractivity (Wildman–Crippen MR) is 232 cm³/mol. The van der Waals surface area contributed by atoms with E-state index in [0.29, 0.717) is 0 Å². The summed E-state index contributed by atoms with van der Waals surface area (Å²) in [6.07, 6.45) is -66.6. The molecular formula is C42H72O36. The summed E-state index contributed by atoms with van der Waals surface area (Å²) in [4.78, 5) is 0. The molecule has 0 amide bonds. The van der Waals surface area contributed by atoms with Crippen molar-refractivity contribution in [2.45, 2.75) is 215 Å². The first-order valence-electron chi connectivity index (χ1n) is 24.6. The van der Waals surface area contributed by atoms with Crippen molar-refractivity contribution < 1.29 is 179 Å². The van der Waals surface area contributed by atoms with Crippen LogP contribution < -0.4 is 0 Å². The van der Waals surface area contributed by atoms with Crippen molar-refractivity contribution in [3.63, 3.8) is 0 Å². The zero-order valence-electron chi connectivity index (χ0n) is 40.8. The Labute approximate surface area is 439 Å². The van der Waals surface area contributed by atoms with Crippen molar-refractivity contribution in [2.24, 2.45) is 0 Å². The average molecular weight is 1150 g/mol. The van der Waals surface area contributed by atoms with Crippen LogP contribution in [0.25, 0.3) is 0 Å². The van der Waals surface area contributed by atoms with E-state index in [1.807, 2.05) is 0 Å². The summed E-state index contributed by atoms with van der Waals surface area (Å²) < 4.78 is 71.2. The molecule has 0 aromatic heterocycles. The zero-order chi connectivity index (χ0) is 57.3. The first-order valence-corrected chi connectivity index (χ1v) is 24.6. The van der Waals surface area contributed by atoms with Gasteiger partial charge in [0.25, 0.3) is 0 Å². The van der Waals surface area contributed by atoms with Gasteiger partial charge in [-0.15, -0.1) is 0 Å². The molecule has 0 radical (unpaired) electrons. The molecule has 35 atom stereocenters. The third-order valence-electron chi connectivity index (χ3n) is 14.5. The molecule has 0 aromatic carbocycles. The summed E-state index contributed by atoms with van der Waals surface area (Å²) in [5.41, 5.74) is 0. The Balaban J connectivity index is 0.957. The van der Waals surface area contributed by atoms with Crippen molar-refractivity contribution >= 4 is 0 Å². The van der Waals surface area contributed by atoms with Gasteiger partial charge in [0.2, 0.25) is 0 Å². The number of hydrogen-bond acceptors (Lipinski definition) is 36. The van der Waals surface area contributed by atoms with Gasteiger partial charge in [-0.2, -0.15) is 0 Å². The van der Waals surface area contributed by atoms with Crippen molar-refractivity contribution in [1.29, 1.82) is 0 Å². The average Bonchev–Trinajstić information content (AvgIpc) is 3.43. The lowest BCUT2D eigenvalue weighted by molar-refractivity contribution is -0.383. The van der Waals surface area contributed by atoms with E-state index in [1.165, 1.54) is 0 Å². The van der Waals surface area contributed by atoms with Gasteiger partial charge in [0, 0.05) is 0 Å². The summed E-state index contributed by atoms with van der Waals surface area (Å²) in [6.45, 7) is -5.89. The molecular weight excluding hydrogens is 1080 g/mol. The van der Waals surface area contributed by atoms with Crippen molar-refractivity contribution in [3.05, 3.63) is 0 Å². The molecule has 7 aliphatic rings. The monoisotopic (exact) mass is 1150 g/mol. The molecule has 7 saturated heterocycles. The molecule has 0 bridgehead atoms. The van der Waals surface area contributed by atoms with E-state index in [-0.39, 0.29) is 0 Å². The SMILES string of the molecule is OC[C@H]1O[C@@H](OC[C@H]2O[C@@H](OC[C@H]3O[C@@H](O[C@@H]4[C@@H](O)[C@H](O[C@H]5[C@H](O)[C@@H](CO[C@@H]6O[C@H](CO[C@@H]7O[C@H](CO)[C@@H](O)[C@H](O)[C@H]7O)[C@@H](O)[C@H](O)[C@H]6O)OC(O)[C@@H]5O)O[C@H](CO)[C@H]4O)[C@H](O)[C@@H](O)[C@@H]3O)[C@H](O)[C@@H](O)[C@@H]2O)[C@H](O)[C@@H](O)[C@@H]1O. The van der Waals surface area contributed by atoms with Crippen molar-refractivity contribution in [2.75, 3.05) is 46.2 Å². The second-order valence-electron chi connectivity index (χ2n) is 19.7. The molecule has 36 nitrogen and oxygen atoms in total. The van der Waals surface area contributed by atoms with E-state index in [2.05, 4.69) is 0 Å². The van der Waals surface area contributed by atoms with Crippen LogP contribution in [0.2, 0.25) is 0 Å². The van der Waals surface area contributed by atoms with Crippen LogP contribution in [-0.2, 0) is 61.6 Å². The summed E-state index contributed by atoms with van der Waals surface area (Å²) >= 11 is 0. The fourth-order valence-electron chi connectivity index (χ4n) is 9.57. The van der Waals surface area contributed by atoms with Crippen molar-refractivity contribution in [1.82, 2.24) is 0 Å². The number of aliphatic hydroxyl groups excluding tert-OH is 23. The van der Waals surface area contributed by atoms with Crippen molar-refractivity contribution in [3.8, 4) is 0 Å². The van der Waals surface area contributed by atoms with Crippen LogP contribution in [0.1, 0.15) is 0 Å². The molecule has 7 fully saturated rings. The van der Waals surface area contributed by atoms with Gasteiger partial charge in [-0.05, 0) is 0 Å². The fraction of sp³-hybridized carbons (Fsp3) is 1.00. The van der Waals surface area contributed by atoms with Crippen LogP contribution in [-0.4, -0.2) is 379 Å². The molecule has 7 heterocycles. The van der Waals surface area contributed by atoms with Gasteiger partial charge in [-0.1, -0.05) is 0 Å². The van der Waals surface area contributed by atoms with E-state index in [9.17, 15) is 117 Å². The maximum atomic E-state index is 11.5. The molecule has 0 spiro atoms. The summed E-state index contributed by atoms with van der Waals surface area (Å²) in [5, 5.41) is 242. The lowest BCUT2D eigenvalue weighted by Gasteiger charge is -2.48. The first-order chi connectivity index (χ1) is 36.8. The van der Waals surface area contributed by atoms with Crippen LogP contribution in [0.15, 0.2) is 0 Å². The standard InChI is InChI=1S/C42H72O36/c43-1-8-15(46)22(53)27(58)37(71-8)66-4-11-17(48)24(55)29(60)39(74-11)68-6-13-19(50)26(57)31(62)41(76-13)78-35-20(51)10(3-45)73-42(33(35)64)77-34-21(52)14(70-36(65)32(34)63)7-69-40-30(61)25(56)18(49)12(75-40)5-67-38-28(59)23(54)16(47)9(2-44)72-38/h8-65H,1-7H2/t8-,9-,10-,11-,12-,13-,14-,15-,16-,17-,18-,19-,20-,21-,22+,23+,24+,25+,26+,27-,28-,29-,30-,31-,32-,33-,34+,35+,36?,37-,38-,39-,40-,41+,42+/m1/s1. The fourth-order valence-corrected chi connectivity index (χ4v) is 9.57. The Morgan fingerprint density at radius 2 is 0.449 bits per heavy atom. The summed E-state index contributed by atoms with van der Waals surface area (Å²) in [7, 11) is 0. The second-order valence-corrected chi connectivity index (χ2v) is 19.7. The van der Waals surface area contributed by atoms with Crippen LogP contribution in [0.4, 0.5) is 0 Å². The highest BCUT2D eigenvalue weighted by Gasteiger charge is 2.56. The second kappa shape index (κ2) is 27.5. The quantitative estimate of drug-likeness (QED) is 0.0571. The Bertz CT molecular complexity index is 1820. The highest BCUT2D eigenvalue weighted by molar-refractivity contribution is 4.99. The van der Waals surface area contributed by atoms with Gasteiger partial charge in [-0.3, -0.25) is 0 Å². The van der Waals surface area contributed by atoms with Crippen LogP contribution in [0.5, 0.6) is 0 Å². The lowest BCUT2D eigenvalue weighted by Crippen LogP contribution is -2.67. The third kappa shape index (κ3) is 13.5. The lowest BCUT2D eigenvalue weighted by atomic mass is 9.96. The number of ether oxygens (including phenoxy) is 13. The molecule has 1 unspecified atom stereocenters. The van der Waals surface area contributed by atoms with Gasteiger partial charge in [-0.25, -0.2) is 0 Å². The van der Waals surface area contributed by atoms with Gasteiger partial charge in [0.15, 0.2) is 44.0 Å². The maximum Gasteiger partial charge on any atom is 0.187 e. The topological polar surface area (TPSA) is 585 Å². The van der Waals surface area contributed by atoms with E-state index in [0.717, 1.165) is 0 Å². The smallest absolute Gasteiger partial charge is 0.187 e. The Morgan fingerprint density at radius 3 is 0.795 bits per heavy atom. The minimum absolute atomic E-state index is 0.739. The first kappa shape index (κ1) is 64.1. The highest BCUT2D eigenvalue weighted by atomic mass is 16.8. The van der Waals surface area contributed by atoms with E-state index >= 15 is 0 Å². The van der Waals surface area contributed by atoms with E-state index in [1.54, 1.807) is 0 Å². The van der Waals surface area contributed by atoms with Gasteiger partial charge >= 0.3 is 0 Å². The largest absolute Gasteiger partial charge is 0.394 e. The molecule has 7 rings (SSSR count). The molecule has 78 heavy (non-hydrogen) atoms. The Morgan fingerprint density at radius 1 is 0.218 bits per heavy atom. The molecule has 0 aliphatic carbocycles. The van der Waals surface area contributed by atoms with Gasteiger partial charge < -0.3 is 179 Å². The third-order valence-corrected chi connectivity index (χ3v) is 14.5. The minimum atomic E-state index is -2.26. The Kier molecular flexibility index (Phi) is 22.6. The van der Waals surface area contributed by atoms with Gasteiger partial charge in [0.1, 0.15) is 171 Å². The van der Waals surface area contributed by atoms with Crippen LogP contribution in [0.3, 0.4) is 0 Å². The number of aliphatic hydroxyl groups is 23. The van der Waals surface area contributed by atoms with Gasteiger partial charge in [0.05, 0.1) is 46.2 Å². The maximum absolute atomic E-state index is 11.5. The molecule has 36 heteroatoms. The number of rotatable bonds is 19. The molecule has 7 aliphatic heterocycles. The molecule has 0 aromatic rings. The summed E-state index contributed by atoms with van der Waals surface area (Å²) in [5.74, 6) is 0. The Hall–Kier alpha value is -1.44. The minimum Gasteiger partial charge on any atom is -0.394 e. The predicted octanol–water partition coefficient (Wildman–Crippen LogP) is -16.3. The van der Waals surface area contributed by atoms with Crippen LogP contribution >= 0.6 is 0 Å². The van der Waals surface area contributed by atoms with E-state index in [4.69, 9.17) is 61.6 Å². The summed E-state index contributed by atoms with van der Waals surface area (Å²) in [6, 6.07) is 0. The van der Waals surface area contributed by atoms with E-state index < -0.39 is 261 Å². The number of hydrogen-bond donors (Lipinski definition) is 23. The molecule has 23 N–H and O–H groups in total. The zero-order valence-corrected chi connectivity index (χ0v) is 40.8.